The molecule has 0 heteroatoms. The van der Waals surface area contributed by atoms with Gasteiger partial charge in [-0.1, -0.05) is 19.1 Å². The molecule has 3 saturated carbocycles. The molecule has 84 valence electrons. The van der Waals surface area contributed by atoms with Gasteiger partial charge in [-0.2, -0.15) is 0 Å². The quantitative estimate of drug-likeness (QED) is 0.591. The zero-order valence-corrected chi connectivity index (χ0v) is 10.1. The molecule has 4 unspecified atom stereocenters. The molecule has 0 saturated heterocycles. The Balaban J connectivity index is 1.48. The number of hydrogen-bond donors (Lipinski definition) is 0. The fourth-order valence-corrected chi connectivity index (χ4v) is 4.35. The number of allylic oxidation sites excluding steroid dienone is 1. The number of fused-ring (bicyclic) bond motifs is 1. The molecule has 0 amide bonds. The van der Waals surface area contributed by atoms with E-state index in [9.17, 15) is 0 Å². The number of rotatable bonds is 3. The van der Waals surface area contributed by atoms with Crippen LogP contribution in [-0.4, -0.2) is 0 Å². The van der Waals surface area contributed by atoms with Crippen LogP contribution in [0.3, 0.4) is 0 Å². The highest BCUT2D eigenvalue weighted by Crippen LogP contribution is 2.73. The average molecular weight is 204 g/mol. The van der Waals surface area contributed by atoms with Gasteiger partial charge in [0.25, 0.3) is 0 Å². The Morgan fingerprint density at radius 3 is 2.93 bits per heavy atom. The average Bonchev–Trinajstić information content (AvgIpc) is 2.81. The van der Waals surface area contributed by atoms with Gasteiger partial charge in [0.2, 0.25) is 0 Å². The summed E-state index contributed by atoms with van der Waals surface area (Å²) in [5.41, 5.74) is 2.39. The molecule has 0 radical (unpaired) electrons. The van der Waals surface area contributed by atoms with Crippen molar-refractivity contribution < 1.29 is 0 Å². The summed E-state index contributed by atoms with van der Waals surface area (Å²) in [6, 6.07) is 0. The van der Waals surface area contributed by atoms with E-state index in [-0.39, 0.29) is 0 Å². The van der Waals surface area contributed by atoms with Crippen molar-refractivity contribution in [3.63, 3.8) is 0 Å². The topological polar surface area (TPSA) is 0 Å². The van der Waals surface area contributed by atoms with Gasteiger partial charge in [-0.25, -0.2) is 0 Å². The Labute approximate surface area is 94.1 Å². The lowest BCUT2D eigenvalue weighted by Crippen LogP contribution is -2.26. The molecule has 0 aliphatic heterocycles. The van der Waals surface area contributed by atoms with Gasteiger partial charge >= 0.3 is 0 Å². The lowest BCUT2D eigenvalue weighted by Gasteiger charge is -2.35. The molecule has 15 heavy (non-hydrogen) atoms. The van der Waals surface area contributed by atoms with E-state index in [4.69, 9.17) is 0 Å². The minimum atomic E-state index is 0.860. The molecule has 0 nitrogen and oxygen atoms in total. The molecule has 0 aromatic rings. The Morgan fingerprint density at radius 2 is 2.33 bits per heavy atom. The molecule has 3 rings (SSSR count). The summed E-state index contributed by atoms with van der Waals surface area (Å²) in [5.74, 6) is 3.20. The first-order valence-corrected chi connectivity index (χ1v) is 6.87. The standard InChI is InChI=1S/C15H24/c1-11-4-3-5-13(8-11)6-7-15-10-14(15)9-12(15)2/h12-14H,1,3-10H2,2H3. The first-order valence-electron chi connectivity index (χ1n) is 6.87. The van der Waals surface area contributed by atoms with Gasteiger partial charge in [0.1, 0.15) is 0 Å². The Hall–Kier alpha value is -0.260. The second kappa shape index (κ2) is 3.37. The molecular weight excluding hydrogens is 180 g/mol. The van der Waals surface area contributed by atoms with Gasteiger partial charge in [-0.3, -0.25) is 0 Å². The fourth-order valence-electron chi connectivity index (χ4n) is 4.35. The van der Waals surface area contributed by atoms with Crippen molar-refractivity contribution in [3.05, 3.63) is 12.2 Å². The van der Waals surface area contributed by atoms with Crippen LogP contribution in [0.4, 0.5) is 0 Å². The summed E-state index contributed by atoms with van der Waals surface area (Å²) < 4.78 is 0. The third kappa shape index (κ3) is 1.57. The monoisotopic (exact) mass is 204 g/mol. The minimum Gasteiger partial charge on any atom is -0.0999 e. The van der Waals surface area contributed by atoms with Crippen LogP contribution in [0.5, 0.6) is 0 Å². The van der Waals surface area contributed by atoms with E-state index in [0.717, 1.165) is 23.2 Å². The molecule has 0 aromatic heterocycles. The van der Waals surface area contributed by atoms with Crippen LogP contribution >= 0.6 is 0 Å². The molecule has 0 aromatic carbocycles. The van der Waals surface area contributed by atoms with Crippen molar-refractivity contribution >= 4 is 0 Å². The zero-order chi connectivity index (χ0) is 10.5. The third-order valence-electron chi connectivity index (χ3n) is 5.64. The smallest absolute Gasteiger partial charge is 0.0240 e. The third-order valence-corrected chi connectivity index (χ3v) is 5.64. The van der Waals surface area contributed by atoms with E-state index in [0.29, 0.717) is 0 Å². The second-order valence-electron chi connectivity index (χ2n) is 6.52. The lowest BCUT2D eigenvalue weighted by atomic mass is 9.70. The van der Waals surface area contributed by atoms with Crippen LogP contribution in [0.2, 0.25) is 0 Å². The van der Waals surface area contributed by atoms with E-state index >= 15 is 0 Å². The van der Waals surface area contributed by atoms with Crippen LogP contribution in [0.15, 0.2) is 12.2 Å². The predicted molar refractivity (Wildman–Crippen MR) is 64.7 cm³/mol. The van der Waals surface area contributed by atoms with E-state index in [1.165, 1.54) is 50.5 Å². The molecule has 0 spiro atoms. The largest absolute Gasteiger partial charge is 0.0999 e. The Morgan fingerprint density at radius 1 is 1.47 bits per heavy atom. The Bertz CT molecular complexity index is 278. The summed E-state index contributed by atoms with van der Waals surface area (Å²) in [4.78, 5) is 0. The van der Waals surface area contributed by atoms with Crippen LogP contribution in [0, 0.1) is 23.2 Å². The molecule has 0 bridgehead atoms. The van der Waals surface area contributed by atoms with Crippen LogP contribution in [0.1, 0.15) is 58.3 Å². The van der Waals surface area contributed by atoms with Crippen molar-refractivity contribution in [1.29, 1.82) is 0 Å². The maximum atomic E-state index is 4.17. The van der Waals surface area contributed by atoms with Crippen molar-refractivity contribution in [2.45, 2.75) is 58.3 Å². The molecule has 3 aliphatic rings. The minimum absolute atomic E-state index is 0.860. The van der Waals surface area contributed by atoms with Crippen LogP contribution < -0.4 is 0 Å². The summed E-state index contributed by atoms with van der Waals surface area (Å²) in [6.45, 7) is 6.64. The summed E-state index contributed by atoms with van der Waals surface area (Å²) in [5, 5.41) is 0. The normalized spacial score (nSPS) is 48.3. The second-order valence-corrected chi connectivity index (χ2v) is 6.52. The van der Waals surface area contributed by atoms with E-state index in [1.54, 1.807) is 6.42 Å². The first-order chi connectivity index (χ1) is 7.21. The van der Waals surface area contributed by atoms with Gasteiger partial charge in [0, 0.05) is 0 Å². The predicted octanol–water partition coefficient (Wildman–Crippen LogP) is 4.56. The van der Waals surface area contributed by atoms with Crippen LogP contribution in [0.25, 0.3) is 0 Å². The highest BCUT2D eigenvalue weighted by atomic mass is 14.7. The van der Waals surface area contributed by atoms with E-state index in [1.807, 2.05) is 0 Å². The van der Waals surface area contributed by atoms with Gasteiger partial charge in [-0.15, -0.1) is 0 Å². The fraction of sp³-hybridized carbons (Fsp3) is 0.867. The SMILES string of the molecule is C=C1CCCC(CCC23CC2CC3C)C1. The summed E-state index contributed by atoms with van der Waals surface area (Å²) in [7, 11) is 0. The van der Waals surface area contributed by atoms with E-state index < -0.39 is 0 Å². The number of hydrogen-bond acceptors (Lipinski definition) is 0. The van der Waals surface area contributed by atoms with Crippen LogP contribution in [-0.2, 0) is 0 Å². The van der Waals surface area contributed by atoms with Gasteiger partial charge in [-0.05, 0) is 74.5 Å². The zero-order valence-electron chi connectivity index (χ0n) is 10.1. The van der Waals surface area contributed by atoms with Crippen molar-refractivity contribution in [2.75, 3.05) is 0 Å². The molecule has 0 heterocycles. The van der Waals surface area contributed by atoms with E-state index in [2.05, 4.69) is 13.5 Å². The van der Waals surface area contributed by atoms with Crippen molar-refractivity contribution in [1.82, 2.24) is 0 Å². The van der Waals surface area contributed by atoms with Crippen molar-refractivity contribution in [2.24, 2.45) is 23.2 Å². The summed E-state index contributed by atoms with van der Waals surface area (Å²) in [6.07, 6.45) is 11.7. The molecule has 3 fully saturated rings. The molecule has 0 N–H and O–H groups in total. The molecule has 4 atom stereocenters. The maximum Gasteiger partial charge on any atom is -0.0240 e. The van der Waals surface area contributed by atoms with Crippen molar-refractivity contribution in [3.8, 4) is 0 Å². The summed E-state index contributed by atoms with van der Waals surface area (Å²) >= 11 is 0. The maximum absolute atomic E-state index is 4.17. The van der Waals surface area contributed by atoms with Gasteiger partial charge in [0.15, 0.2) is 0 Å². The first kappa shape index (κ1) is 9.93. The highest BCUT2D eigenvalue weighted by Gasteiger charge is 2.64. The molecular formula is C15H24. The van der Waals surface area contributed by atoms with Gasteiger partial charge in [0.05, 0.1) is 0 Å². The Kier molecular flexibility index (Phi) is 2.23. The van der Waals surface area contributed by atoms with Gasteiger partial charge < -0.3 is 0 Å². The highest BCUT2D eigenvalue weighted by molar-refractivity contribution is 5.14. The lowest BCUT2D eigenvalue weighted by molar-refractivity contribution is 0.148. The molecule has 3 aliphatic carbocycles.